The van der Waals surface area contributed by atoms with Crippen molar-refractivity contribution in [1.82, 2.24) is 15.3 Å². The lowest BCUT2D eigenvalue weighted by Gasteiger charge is -2.14. The third-order valence-corrected chi connectivity index (χ3v) is 3.51. The lowest BCUT2D eigenvalue weighted by atomic mass is 10.2. The number of nitrogens with zero attached hydrogens (tertiary/aromatic N) is 2. The molecule has 1 heterocycles. The van der Waals surface area contributed by atoms with Crippen molar-refractivity contribution in [2.75, 3.05) is 6.54 Å². The van der Waals surface area contributed by atoms with Gasteiger partial charge in [0.1, 0.15) is 12.4 Å². The van der Waals surface area contributed by atoms with Crippen LogP contribution in [0.25, 0.3) is 0 Å². The van der Waals surface area contributed by atoms with Gasteiger partial charge < -0.3 is 10.1 Å². The van der Waals surface area contributed by atoms with Gasteiger partial charge in [-0.3, -0.25) is 0 Å². The number of benzene rings is 1. The van der Waals surface area contributed by atoms with Crippen molar-refractivity contribution in [3.63, 3.8) is 0 Å². The van der Waals surface area contributed by atoms with Gasteiger partial charge in [-0.2, -0.15) is 0 Å². The number of hydrogen-bond acceptors (Lipinski definition) is 4. The standard InChI is InChI=1S/C16H20BrN3O/c1-12(2)9-18-10-13-5-3-6-14(17)16(13)21-11-15-19-7-4-8-20-15/h3-8,12,18H,9-11H2,1-2H3. The Kier molecular flexibility index (Phi) is 6.14. The quantitative estimate of drug-likeness (QED) is 0.829. The van der Waals surface area contributed by atoms with Crippen molar-refractivity contribution in [3.8, 4) is 5.75 Å². The molecule has 112 valence electrons. The maximum atomic E-state index is 5.90. The van der Waals surface area contributed by atoms with E-state index in [9.17, 15) is 0 Å². The van der Waals surface area contributed by atoms with Crippen LogP contribution in [0.5, 0.6) is 5.75 Å². The Hall–Kier alpha value is -1.46. The van der Waals surface area contributed by atoms with Gasteiger partial charge in [0.15, 0.2) is 5.82 Å². The summed E-state index contributed by atoms with van der Waals surface area (Å²) in [5.74, 6) is 2.15. The molecule has 0 fully saturated rings. The van der Waals surface area contributed by atoms with Crippen molar-refractivity contribution < 1.29 is 4.74 Å². The Bertz CT molecular complexity index is 561. The van der Waals surface area contributed by atoms with E-state index in [0.717, 1.165) is 28.9 Å². The highest BCUT2D eigenvalue weighted by atomic mass is 79.9. The van der Waals surface area contributed by atoms with Gasteiger partial charge in [0.2, 0.25) is 0 Å². The van der Waals surface area contributed by atoms with E-state index in [1.54, 1.807) is 18.5 Å². The average molecular weight is 350 g/mol. The molecule has 0 aliphatic rings. The summed E-state index contributed by atoms with van der Waals surface area (Å²) in [5.41, 5.74) is 1.13. The van der Waals surface area contributed by atoms with E-state index in [1.165, 1.54) is 0 Å². The smallest absolute Gasteiger partial charge is 0.166 e. The van der Waals surface area contributed by atoms with Crippen LogP contribution < -0.4 is 10.1 Å². The number of hydrogen-bond donors (Lipinski definition) is 1. The van der Waals surface area contributed by atoms with Gasteiger partial charge in [-0.05, 0) is 40.5 Å². The van der Waals surface area contributed by atoms with Crippen molar-refractivity contribution in [2.24, 2.45) is 5.92 Å². The molecule has 0 aliphatic carbocycles. The Balaban J connectivity index is 2.03. The highest BCUT2D eigenvalue weighted by molar-refractivity contribution is 9.10. The molecule has 2 aromatic rings. The fraction of sp³-hybridized carbons (Fsp3) is 0.375. The van der Waals surface area contributed by atoms with Crippen LogP contribution >= 0.6 is 15.9 Å². The van der Waals surface area contributed by atoms with E-state index in [1.807, 2.05) is 12.1 Å². The normalized spacial score (nSPS) is 10.9. The second-order valence-corrected chi connectivity index (χ2v) is 6.06. The summed E-state index contributed by atoms with van der Waals surface area (Å²) in [6, 6.07) is 7.86. The van der Waals surface area contributed by atoms with Crippen LogP contribution in [0.4, 0.5) is 0 Å². The minimum absolute atomic E-state index is 0.362. The summed E-state index contributed by atoms with van der Waals surface area (Å²) in [7, 11) is 0. The van der Waals surface area contributed by atoms with E-state index in [-0.39, 0.29) is 0 Å². The summed E-state index contributed by atoms with van der Waals surface area (Å²) < 4.78 is 6.85. The lowest BCUT2D eigenvalue weighted by molar-refractivity contribution is 0.290. The third-order valence-electron chi connectivity index (χ3n) is 2.88. The average Bonchev–Trinajstić information content (AvgIpc) is 2.47. The molecule has 1 N–H and O–H groups in total. The van der Waals surface area contributed by atoms with Crippen LogP contribution in [0.2, 0.25) is 0 Å². The third kappa shape index (κ3) is 5.10. The van der Waals surface area contributed by atoms with Gasteiger partial charge in [0.05, 0.1) is 4.47 Å². The monoisotopic (exact) mass is 349 g/mol. The summed E-state index contributed by atoms with van der Waals surface area (Å²) in [4.78, 5) is 8.34. The molecule has 0 radical (unpaired) electrons. The molecular weight excluding hydrogens is 330 g/mol. The molecular formula is C16H20BrN3O. The first kappa shape index (κ1) is 15.9. The topological polar surface area (TPSA) is 47.0 Å². The molecule has 21 heavy (non-hydrogen) atoms. The first-order chi connectivity index (χ1) is 10.2. The van der Waals surface area contributed by atoms with E-state index < -0.39 is 0 Å². The van der Waals surface area contributed by atoms with Crippen LogP contribution in [0.1, 0.15) is 25.2 Å². The zero-order valence-corrected chi connectivity index (χ0v) is 13.9. The number of para-hydroxylation sites is 1. The van der Waals surface area contributed by atoms with Crippen LogP contribution in [0.3, 0.4) is 0 Å². The van der Waals surface area contributed by atoms with E-state index in [0.29, 0.717) is 18.3 Å². The van der Waals surface area contributed by atoms with Gasteiger partial charge in [0.25, 0.3) is 0 Å². The summed E-state index contributed by atoms with van der Waals surface area (Å²) >= 11 is 3.55. The van der Waals surface area contributed by atoms with E-state index >= 15 is 0 Å². The Morgan fingerprint density at radius 2 is 1.95 bits per heavy atom. The first-order valence-electron chi connectivity index (χ1n) is 7.03. The molecule has 0 unspecified atom stereocenters. The molecule has 4 nitrogen and oxygen atoms in total. The molecule has 2 rings (SSSR count). The van der Waals surface area contributed by atoms with Crippen LogP contribution in [-0.2, 0) is 13.2 Å². The fourth-order valence-corrected chi connectivity index (χ4v) is 2.41. The molecule has 0 saturated carbocycles. The Labute approximate surface area is 134 Å². The number of aromatic nitrogens is 2. The van der Waals surface area contributed by atoms with Crippen LogP contribution in [0, 0.1) is 5.92 Å². The molecule has 0 spiro atoms. The molecule has 0 amide bonds. The zero-order valence-electron chi connectivity index (χ0n) is 12.3. The van der Waals surface area contributed by atoms with E-state index in [2.05, 4.69) is 51.1 Å². The highest BCUT2D eigenvalue weighted by Gasteiger charge is 2.09. The second kappa shape index (κ2) is 8.10. The molecule has 0 saturated heterocycles. The zero-order chi connectivity index (χ0) is 15.1. The minimum Gasteiger partial charge on any atom is -0.484 e. The van der Waals surface area contributed by atoms with Gasteiger partial charge in [0, 0.05) is 24.5 Å². The number of nitrogens with one attached hydrogen (secondary N) is 1. The van der Waals surface area contributed by atoms with Crippen molar-refractivity contribution in [1.29, 1.82) is 0 Å². The maximum absolute atomic E-state index is 5.90. The van der Waals surface area contributed by atoms with Crippen LogP contribution in [0.15, 0.2) is 41.1 Å². The molecule has 1 aromatic heterocycles. The highest BCUT2D eigenvalue weighted by Crippen LogP contribution is 2.29. The second-order valence-electron chi connectivity index (χ2n) is 5.21. The fourth-order valence-electron chi connectivity index (χ4n) is 1.89. The summed E-state index contributed by atoms with van der Waals surface area (Å²) in [5, 5.41) is 3.43. The predicted molar refractivity (Wildman–Crippen MR) is 87.1 cm³/mol. The number of halogens is 1. The number of ether oxygens (including phenoxy) is 1. The summed E-state index contributed by atoms with van der Waals surface area (Å²) in [6.45, 7) is 6.51. The largest absolute Gasteiger partial charge is 0.484 e. The first-order valence-corrected chi connectivity index (χ1v) is 7.83. The molecule has 1 aromatic carbocycles. The van der Waals surface area contributed by atoms with Crippen molar-refractivity contribution >= 4 is 15.9 Å². The Morgan fingerprint density at radius 3 is 2.67 bits per heavy atom. The summed E-state index contributed by atoms with van der Waals surface area (Å²) in [6.07, 6.45) is 3.44. The Morgan fingerprint density at radius 1 is 1.19 bits per heavy atom. The molecule has 5 heteroatoms. The molecule has 0 aliphatic heterocycles. The van der Waals surface area contributed by atoms with Gasteiger partial charge in [-0.25, -0.2) is 9.97 Å². The van der Waals surface area contributed by atoms with Gasteiger partial charge in [-0.1, -0.05) is 26.0 Å². The lowest BCUT2D eigenvalue weighted by Crippen LogP contribution is -2.19. The van der Waals surface area contributed by atoms with Crippen LogP contribution in [-0.4, -0.2) is 16.5 Å². The minimum atomic E-state index is 0.362. The SMILES string of the molecule is CC(C)CNCc1cccc(Br)c1OCc1ncccn1. The maximum Gasteiger partial charge on any atom is 0.166 e. The van der Waals surface area contributed by atoms with E-state index in [4.69, 9.17) is 4.74 Å². The molecule has 0 atom stereocenters. The predicted octanol–water partition coefficient (Wildman–Crippen LogP) is 3.56. The van der Waals surface area contributed by atoms with Gasteiger partial charge in [-0.15, -0.1) is 0 Å². The van der Waals surface area contributed by atoms with Gasteiger partial charge >= 0.3 is 0 Å². The number of rotatable bonds is 7. The van der Waals surface area contributed by atoms with Crippen molar-refractivity contribution in [3.05, 3.63) is 52.5 Å². The van der Waals surface area contributed by atoms with Crippen molar-refractivity contribution in [2.45, 2.75) is 27.0 Å². The molecule has 0 bridgehead atoms.